The van der Waals surface area contributed by atoms with Crippen molar-refractivity contribution in [3.05, 3.63) is 18.0 Å². The third-order valence-corrected chi connectivity index (χ3v) is 3.38. The number of anilines is 1. The van der Waals surface area contributed by atoms with Crippen LogP contribution in [0, 0.1) is 0 Å². The number of carbonyl (C=O) groups excluding carboxylic acids is 1. The van der Waals surface area contributed by atoms with E-state index in [1.807, 2.05) is 0 Å². The molecule has 0 radical (unpaired) electrons. The van der Waals surface area contributed by atoms with Crippen molar-refractivity contribution in [1.29, 1.82) is 0 Å². The summed E-state index contributed by atoms with van der Waals surface area (Å²) in [5, 5.41) is 7.07. The number of ether oxygens (including phenoxy) is 2. The third kappa shape index (κ3) is 2.57. The number of hydrogen-bond donors (Lipinski definition) is 1. The second-order valence-corrected chi connectivity index (χ2v) is 4.91. The Morgan fingerprint density at radius 2 is 2.42 bits per heavy atom. The Morgan fingerprint density at radius 3 is 3.05 bits per heavy atom. The molecule has 1 aromatic heterocycles. The minimum Gasteiger partial charge on any atom is -0.500 e. The highest BCUT2D eigenvalue weighted by atomic mass is 16.5. The topological polar surface area (TPSA) is 65.4 Å². The van der Waals surface area contributed by atoms with Crippen molar-refractivity contribution in [3.63, 3.8) is 0 Å². The smallest absolute Gasteiger partial charge is 0.257 e. The van der Waals surface area contributed by atoms with Gasteiger partial charge in [-0.3, -0.25) is 9.48 Å². The molecule has 1 saturated carbocycles. The van der Waals surface area contributed by atoms with Crippen molar-refractivity contribution in [2.45, 2.75) is 31.8 Å². The van der Waals surface area contributed by atoms with Gasteiger partial charge in [-0.1, -0.05) is 0 Å². The molecular formula is C13H17N3O3. The highest BCUT2D eigenvalue weighted by molar-refractivity contribution is 6.04. The maximum Gasteiger partial charge on any atom is 0.257 e. The number of rotatable bonds is 4. The molecule has 0 unspecified atom stereocenters. The van der Waals surface area contributed by atoms with E-state index in [9.17, 15) is 4.79 Å². The van der Waals surface area contributed by atoms with Crippen molar-refractivity contribution in [2.24, 2.45) is 7.05 Å². The van der Waals surface area contributed by atoms with E-state index in [2.05, 4.69) is 10.4 Å². The van der Waals surface area contributed by atoms with Gasteiger partial charge < -0.3 is 14.8 Å². The van der Waals surface area contributed by atoms with Crippen LogP contribution in [-0.4, -0.2) is 28.4 Å². The summed E-state index contributed by atoms with van der Waals surface area (Å²) in [7, 11) is 1.81. The molecule has 0 atom stereocenters. The first-order valence-electron chi connectivity index (χ1n) is 6.54. The molecule has 1 aromatic rings. The largest absolute Gasteiger partial charge is 0.500 e. The minimum absolute atomic E-state index is 0.149. The normalized spacial score (nSPS) is 18.5. The molecule has 1 fully saturated rings. The first kappa shape index (κ1) is 12.1. The van der Waals surface area contributed by atoms with Crippen LogP contribution in [0.3, 0.4) is 0 Å². The molecule has 19 heavy (non-hydrogen) atoms. The second kappa shape index (κ2) is 4.95. The molecule has 0 spiro atoms. The molecule has 0 bridgehead atoms. The van der Waals surface area contributed by atoms with Gasteiger partial charge in [0.1, 0.15) is 11.8 Å². The Morgan fingerprint density at radius 1 is 1.58 bits per heavy atom. The highest BCUT2D eigenvalue weighted by Crippen LogP contribution is 2.29. The van der Waals surface area contributed by atoms with Crippen molar-refractivity contribution < 1.29 is 14.3 Å². The van der Waals surface area contributed by atoms with Crippen LogP contribution in [0.4, 0.5) is 5.69 Å². The van der Waals surface area contributed by atoms with Crippen LogP contribution >= 0.6 is 0 Å². The first-order chi connectivity index (χ1) is 9.22. The van der Waals surface area contributed by atoms with E-state index >= 15 is 0 Å². The number of aromatic nitrogens is 2. The molecule has 1 aliphatic carbocycles. The third-order valence-electron chi connectivity index (χ3n) is 3.38. The molecule has 0 saturated heterocycles. The lowest BCUT2D eigenvalue weighted by atomic mass is 9.96. The molecular weight excluding hydrogens is 246 g/mol. The summed E-state index contributed by atoms with van der Waals surface area (Å²) in [5.74, 6) is 0.351. The number of hydrogen-bond acceptors (Lipinski definition) is 4. The number of nitrogens with zero attached hydrogens (tertiary/aromatic N) is 2. The summed E-state index contributed by atoms with van der Waals surface area (Å²) in [4.78, 5) is 12.0. The molecule has 1 aliphatic heterocycles. The lowest BCUT2D eigenvalue weighted by Crippen LogP contribution is -2.25. The van der Waals surface area contributed by atoms with Gasteiger partial charge in [0.05, 0.1) is 24.6 Å². The van der Waals surface area contributed by atoms with E-state index in [4.69, 9.17) is 9.47 Å². The number of amides is 1. The Kier molecular flexibility index (Phi) is 3.15. The zero-order valence-electron chi connectivity index (χ0n) is 10.9. The lowest BCUT2D eigenvalue weighted by molar-refractivity contribution is -0.112. The lowest BCUT2D eigenvalue weighted by Gasteiger charge is -2.25. The van der Waals surface area contributed by atoms with Crippen LogP contribution in [0.5, 0.6) is 5.88 Å². The highest BCUT2D eigenvalue weighted by Gasteiger charge is 2.23. The van der Waals surface area contributed by atoms with Crippen molar-refractivity contribution in [2.75, 3.05) is 11.9 Å². The molecule has 102 valence electrons. The monoisotopic (exact) mass is 263 g/mol. The predicted octanol–water partition coefficient (Wildman–Crippen LogP) is 1.59. The summed E-state index contributed by atoms with van der Waals surface area (Å²) < 4.78 is 12.5. The van der Waals surface area contributed by atoms with Crippen molar-refractivity contribution in [1.82, 2.24) is 9.78 Å². The number of carbonyl (C=O) groups is 1. The van der Waals surface area contributed by atoms with Gasteiger partial charge in [-0.15, -0.1) is 5.10 Å². The van der Waals surface area contributed by atoms with Crippen LogP contribution in [-0.2, 0) is 16.6 Å². The van der Waals surface area contributed by atoms with Crippen LogP contribution in [0.25, 0.3) is 0 Å². The average Bonchev–Trinajstić information content (AvgIpc) is 2.93. The van der Waals surface area contributed by atoms with E-state index in [1.54, 1.807) is 17.9 Å². The SMILES string of the molecule is Cn1cc(NC(=O)C2=COCC2)c(OC2CCC2)n1. The minimum atomic E-state index is -0.149. The van der Waals surface area contributed by atoms with Crippen LogP contribution < -0.4 is 10.1 Å². The predicted molar refractivity (Wildman–Crippen MR) is 68.8 cm³/mol. The zero-order valence-corrected chi connectivity index (χ0v) is 10.9. The molecule has 1 N–H and O–H groups in total. The van der Waals surface area contributed by atoms with Gasteiger partial charge in [0.25, 0.3) is 11.8 Å². The van der Waals surface area contributed by atoms with Gasteiger partial charge in [-0.25, -0.2) is 0 Å². The van der Waals surface area contributed by atoms with Gasteiger partial charge in [-0.05, 0) is 19.3 Å². The zero-order chi connectivity index (χ0) is 13.2. The molecule has 2 heterocycles. The molecule has 2 aliphatic rings. The summed E-state index contributed by atoms with van der Waals surface area (Å²) in [6.45, 7) is 0.571. The van der Waals surface area contributed by atoms with Gasteiger partial charge in [-0.2, -0.15) is 0 Å². The Labute approximate surface area is 111 Å². The summed E-state index contributed by atoms with van der Waals surface area (Å²) in [6, 6.07) is 0. The van der Waals surface area contributed by atoms with Gasteiger partial charge in [0.15, 0.2) is 0 Å². The van der Waals surface area contributed by atoms with E-state index in [0.717, 1.165) is 12.8 Å². The Hall–Kier alpha value is -1.98. The quantitative estimate of drug-likeness (QED) is 0.896. The van der Waals surface area contributed by atoms with E-state index in [-0.39, 0.29) is 12.0 Å². The average molecular weight is 263 g/mol. The van der Waals surface area contributed by atoms with Gasteiger partial charge in [0, 0.05) is 13.5 Å². The van der Waals surface area contributed by atoms with E-state index < -0.39 is 0 Å². The molecule has 6 heteroatoms. The summed E-state index contributed by atoms with van der Waals surface area (Å²) >= 11 is 0. The number of aryl methyl sites for hydroxylation is 1. The molecule has 3 rings (SSSR count). The number of nitrogens with one attached hydrogen (secondary N) is 1. The van der Waals surface area contributed by atoms with Gasteiger partial charge in [0.2, 0.25) is 0 Å². The maximum absolute atomic E-state index is 12.0. The van der Waals surface area contributed by atoms with Crippen LogP contribution in [0.2, 0.25) is 0 Å². The Balaban J connectivity index is 1.70. The van der Waals surface area contributed by atoms with Gasteiger partial charge >= 0.3 is 0 Å². The van der Waals surface area contributed by atoms with Crippen molar-refractivity contribution in [3.8, 4) is 5.88 Å². The summed E-state index contributed by atoms with van der Waals surface area (Å²) in [5.41, 5.74) is 1.27. The van der Waals surface area contributed by atoms with E-state index in [0.29, 0.717) is 30.2 Å². The Bertz CT molecular complexity index is 517. The fourth-order valence-corrected chi connectivity index (χ4v) is 2.04. The van der Waals surface area contributed by atoms with E-state index in [1.165, 1.54) is 12.7 Å². The second-order valence-electron chi connectivity index (χ2n) is 4.91. The first-order valence-corrected chi connectivity index (χ1v) is 6.54. The van der Waals surface area contributed by atoms with Crippen LogP contribution in [0.1, 0.15) is 25.7 Å². The molecule has 0 aromatic carbocycles. The standard InChI is InChI=1S/C13H17N3O3/c1-16-7-11(13(15-16)19-10-3-2-4-10)14-12(17)9-5-6-18-8-9/h7-8,10H,2-6H2,1H3,(H,14,17). The molecule has 6 nitrogen and oxygen atoms in total. The fraction of sp³-hybridized carbons (Fsp3) is 0.538. The van der Waals surface area contributed by atoms with Crippen molar-refractivity contribution >= 4 is 11.6 Å². The molecule has 1 amide bonds. The maximum atomic E-state index is 12.0. The summed E-state index contributed by atoms with van der Waals surface area (Å²) in [6.07, 6.45) is 7.46. The van der Waals surface area contributed by atoms with Crippen LogP contribution in [0.15, 0.2) is 18.0 Å². The fourth-order valence-electron chi connectivity index (χ4n) is 2.04.